The van der Waals surface area contributed by atoms with Gasteiger partial charge in [-0.05, 0) is 37.3 Å². The molecule has 0 aliphatic rings. The smallest absolute Gasteiger partial charge is 0.259 e. The van der Waals surface area contributed by atoms with E-state index in [4.69, 9.17) is 9.47 Å². The zero-order valence-corrected chi connectivity index (χ0v) is 13.4. The van der Waals surface area contributed by atoms with Crippen molar-refractivity contribution in [1.29, 1.82) is 0 Å². The highest BCUT2D eigenvalue weighted by Gasteiger charge is 2.13. The predicted molar refractivity (Wildman–Crippen MR) is 86.3 cm³/mol. The molecule has 0 saturated heterocycles. The SMILES string of the molecule is CCOc1cccc(NC(=O)c2ccc(Br)cc2OC)c1. The molecule has 2 rings (SSSR count). The van der Waals surface area contributed by atoms with E-state index in [0.29, 0.717) is 23.6 Å². The Balaban J connectivity index is 2.20. The van der Waals surface area contributed by atoms with Gasteiger partial charge in [-0.25, -0.2) is 0 Å². The first-order valence-electron chi connectivity index (χ1n) is 6.51. The van der Waals surface area contributed by atoms with Gasteiger partial charge in [-0.15, -0.1) is 0 Å². The topological polar surface area (TPSA) is 47.6 Å². The van der Waals surface area contributed by atoms with Crippen LogP contribution in [0.1, 0.15) is 17.3 Å². The highest BCUT2D eigenvalue weighted by atomic mass is 79.9. The molecule has 0 radical (unpaired) electrons. The van der Waals surface area contributed by atoms with Gasteiger partial charge in [0.15, 0.2) is 0 Å². The molecular weight excluding hydrogens is 334 g/mol. The van der Waals surface area contributed by atoms with Crippen LogP contribution in [-0.2, 0) is 0 Å². The normalized spacial score (nSPS) is 10.0. The number of ether oxygens (including phenoxy) is 2. The van der Waals surface area contributed by atoms with Crippen molar-refractivity contribution in [3.05, 3.63) is 52.5 Å². The van der Waals surface area contributed by atoms with Crippen LogP contribution in [0.5, 0.6) is 11.5 Å². The lowest BCUT2D eigenvalue weighted by molar-refractivity contribution is 0.102. The molecule has 0 aliphatic heterocycles. The molecule has 0 saturated carbocycles. The average Bonchev–Trinajstić information content (AvgIpc) is 2.47. The molecule has 1 amide bonds. The number of anilines is 1. The summed E-state index contributed by atoms with van der Waals surface area (Å²) < 4.78 is 11.5. The van der Waals surface area contributed by atoms with E-state index in [9.17, 15) is 4.79 Å². The van der Waals surface area contributed by atoms with Crippen LogP contribution in [0, 0.1) is 0 Å². The van der Waals surface area contributed by atoms with Crippen molar-refractivity contribution in [3.63, 3.8) is 0 Å². The summed E-state index contributed by atoms with van der Waals surface area (Å²) >= 11 is 3.35. The van der Waals surface area contributed by atoms with Crippen molar-refractivity contribution in [2.75, 3.05) is 19.0 Å². The minimum Gasteiger partial charge on any atom is -0.496 e. The van der Waals surface area contributed by atoms with Crippen molar-refractivity contribution in [2.24, 2.45) is 0 Å². The number of rotatable bonds is 5. The van der Waals surface area contributed by atoms with E-state index in [2.05, 4.69) is 21.2 Å². The Kier molecular flexibility index (Phi) is 5.22. The van der Waals surface area contributed by atoms with Crippen molar-refractivity contribution < 1.29 is 14.3 Å². The monoisotopic (exact) mass is 349 g/mol. The number of nitrogens with one attached hydrogen (secondary N) is 1. The van der Waals surface area contributed by atoms with Gasteiger partial charge in [0.25, 0.3) is 5.91 Å². The Labute approximate surface area is 132 Å². The van der Waals surface area contributed by atoms with Crippen LogP contribution in [0.3, 0.4) is 0 Å². The maximum Gasteiger partial charge on any atom is 0.259 e. The predicted octanol–water partition coefficient (Wildman–Crippen LogP) is 4.11. The van der Waals surface area contributed by atoms with Gasteiger partial charge >= 0.3 is 0 Å². The molecule has 1 N–H and O–H groups in total. The molecule has 0 aliphatic carbocycles. The highest BCUT2D eigenvalue weighted by Crippen LogP contribution is 2.25. The molecule has 0 heterocycles. The fourth-order valence-corrected chi connectivity index (χ4v) is 2.22. The Morgan fingerprint density at radius 3 is 2.76 bits per heavy atom. The molecule has 0 bridgehead atoms. The highest BCUT2D eigenvalue weighted by molar-refractivity contribution is 9.10. The fourth-order valence-electron chi connectivity index (χ4n) is 1.88. The molecule has 2 aromatic carbocycles. The van der Waals surface area contributed by atoms with Crippen LogP contribution in [0.15, 0.2) is 46.9 Å². The van der Waals surface area contributed by atoms with Crippen molar-refractivity contribution in [1.82, 2.24) is 0 Å². The second-order valence-electron chi connectivity index (χ2n) is 4.26. The van der Waals surface area contributed by atoms with Crippen LogP contribution < -0.4 is 14.8 Å². The number of carbonyl (C=O) groups excluding carboxylic acids is 1. The lowest BCUT2D eigenvalue weighted by atomic mass is 10.2. The third kappa shape index (κ3) is 3.98. The Hall–Kier alpha value is -2.01. The van der Waals surface area contributed by atoms with Crippen molar-refractivity contribution in [3.8, 4) is 11.5 Å². The molecule has 4 nitrogen and oxygen atoms in total. The maximum absolute atomic E-state index is 12.3. The summed E-state index contributed by atoms with van der Waals surface area (Å²) in [6.45, 7) is 2.50. The summed E-state index contributed by atoms with van der Waals surface area (Å²) in [7, 11) is 1.54. The third-order valence-electron chi connectivity index (χ3n) is 2.81. The van der Waals surface area contributed by atoms with Crippen LogP contribution in [0.2, 0.25) is 0 Å². The lowest BCUT2D eigenvalue weighted by Crippen LogP contribution is -2.13. The minimum absolute atomic E-state index is 0.229. The minimum atomic E-state index is -0.229. The van der Waals surface area contributed by atoms with Gasteiger partial charge in [0.2, 0.25) is 0 Å². The number of hydrogen-bond acceptors (Lipinski definition) is 3. The van der Waals surface area contributed by atoms with Crippen LogP contribution in [-0.4, -0.2) is 19.6 Å². The molecular formula is C16H16BrNO3. The molecule has 0 fully saturated rings. The lowest BCUT2D eigenvalue weighted by Gasteiger charge is -2.11. The summed E-state index contributed by atoms with van der Waals surface area (Å²) in [4.78, 5) is 12.3. The maximum atomic E-state index is 12.3. The van der Waals surface area contributed by atoms with Gasteiger partial charge in [-0.1, -0.05) is 22.0 Å². The van der Waals surface area contributed by atoms with Gasteiger partial charge in [0.1, 0.15) is 11.5 Å². The van der Waals surface area contributed by atoms with E-state index in [0.717, 1.165) is 10.2 Å². The molecule has 0 unspecified atom stereocenters. The Morgan fingerprint density at radius 1 is 1.24 bits per heavy atom. The van der Waals surface area contributed by atoms with Crippen molar-refractivity contribution >= 4 is 27.5 Å². The zero-order valence-electron chi connectivity index (χ0n) is 11.9. The first kappa shape index (κ1) is 15.4. The van der Waals surface area contributed by atoms with Crippen LogP contribution in [0.25, 0.3) is 0 Å². The number of carbonyl (C=O) groups is 1. The van der Waals surface area contributed by atoms with Crippen molar-refractivity contribution in [2.45, 2.75) is 6.92 Å². The molecule has 2 aromatic rings. The van der Waals surface area contributed by atoms with E-state index in [1.807, 2.05) is 25.1 Å². The fraction of sp³-hybridized carbons (Fsp3) is 0.188. The summed E-state index contributed by atoms with van der Waals surface area (Å²) in [5, 5.41) is 2.84. The number of benzene rings is 2. The third-order valence-corrected chi connectivity index (χ3v) is 3.30. The second-order valence-corrected chi connectivity index (χ2v) is 5.18. The van der Waals surface area contributed by atoms with E-state index in [1.165, 1.54) is 7.11 Å². The van der Waals surface area contributed by atoms with Crippen LogP contribution >= 0.6 is 15.9 Å². The quantitative estimate of drug-likeness (QED) is 0.883. The zero-order chi connectivity index (χ0) is 15.2. The van der Waals surface area contributed by atoms with Gasteiger partial charge in [0, 0.05) is 16.2 Å². The standard InChI is InChI=1S/C16H16BrNO3/c1-3-21-13-6-4-5-12(10-13)18-16(19)14-8-7-11(17)9-15(14)20-2/h4-10H,3H2,1-2H3,(H,18,19). The van der Waals surface area contributed by atoms with Crippen LogP contribution in [0.4, 0.5) is 5.69 Å². The van der Waals surface area contributed by atoms with E-state index < -0.39 is 0 Å². The molecule has 0 aromatic heterocycles. The van der Waals surface area contributed by atoms with Gasteiger partial charge in [-0.3, -0.25) is 4.79 Å². The largest absolute Gasteiger partial charge is 0.496 e. The first-order chi connectivity index (χ1) is 10.1. The average molecular weight is 350 g/mol. The van der Waals surface area contributed by atoms with Gasteiger partial charge < -0.3 is 14.8 Å². The molecule has 110 valence electrons. The first-order valence-corrected chi connectivity index (χ1v) is 7.31. The molecule has 0 atom stereocenters. The number of amides is 1. The Morgan fingerprint density at radius 2 is 2.05 bits per heavy atom. The second kappa shape index (κ2) is 7.13. The number of hydrogen-bond donors (Lipinski definition) is 1. The summed E-state index contributed by atoms with van der Waals surface area (Å²) in [6, 6.07) is 12.5. The number of halogens is 1. The molecule has 21 heavy (non-hydrogen) atoms. The number of methoxy groups -OCH3 is 1. The van der Waals surface area contributed by atoms with E-state index in [-0.39, 0.29) is 5.91 Å². The summed E-state index contributed by atoms with van der Waals surface area (Å²) in [5.41, 5.74) is 1.15. The molecule has 5 heteroatoms. The molecule has 0 spiro atoms. The van der Waals surface area contributed by atoms with Gasteiger partial charge in [0.05, 0.1) is 19.3 Å². The van der Waals surface area contributed by atoms with E-state index in [1.54, 1.807) is 24.3 Å². The van der Waals surface area contributed by atoms with Gasteiger partial charge in [-0.2, -0.15) is 0 Å². The summed E-state index contributed by atoms with van der Waals surface area (Å²) in [5.74, 6) is 1.01. The summed E-state index contributed by atoms with van der Waals surface area (Å²) in [6.07, 6.45) is 0. The Bertz CT molecular complexity index is 643. The van der Waals surface area contributed by atoms with E-state index >= 15 is 0 Å².